The quantitative estimate of drug-likeness (QED) is 0.592. The maximum atomic E-state index is 13.9. The number of amides is 1. The number of halogens is 2. The van der Waals surface area contributed by atoms with E-state index in [4.69, 9.17) is 4.74 Å². The molecule has 0 saturated carbocycles. The molecule has 1 atom stereocenters. The van der Waals surface area contributed by atoms with Crippen molar-refractivity contribution in [2.75, 3.05) is 39.8 Å². The van der Waals surface area contributed by atoms with Gasteiger partial charge in [0.1, 0.15) is 11.9 Å². The van der Waals surface area contributed by atoms with Crippen LogP contribution in [0.25, 0.3) is 0 Å². The molecule has 2 fully saturated rings. The van der Waals surface area contributed by atoms with Gasteiger partial charge in [0.15, 0.2) is 5.96 Å². The van der Waals surface area contributed by atoms with E-state index in [2.05, 4.69) is 31.1 Å². The van der Waals surface area contributed by atoms with E-state index in [9.17, 15) is 9.18 Å². The highest BCUT2D eigenvalue weighted by Gasteiger charge is 2.30. The van der Waals surface area contributed by atoms with Crippen molar-refractivity contribution in [1.29, 1.82) is 0 Å². The van der Waals surface area contributed by atoms with Gasteiger partial charge in [0.25, 0.3) is 5.91 Å². The molecule has 0 aliphatic carbocycles. The molecule has 1 amide bonds. The zero-order valence-electron chi connectivity index (χ0n) is 14.9. The second-order valence-corrected chi connectivity index (χ2v) is 7.37. The molecular formula is C18H24BrFN4O2. The van der Waals surface area contributed by atoms with Crippen molar-refractivity contribution in [3.05, 3.63) is 34.1 Å². The van der Waals surface area contributed by atoms with Crippen LogP contribution in [-0.4, -0.2) is 67.6 Å². The second kappa shape index (κ2) is 8.81. The van der Waals surface area contributed by atoms with Gasteiger partial charge in [0.05, 0.1) is 0 Å². The normalized spacial score (nSPS) is 21.2. The second-order valence-electron chi connectivity index (χ2n) is 6.45. The van der Waals surface area contributed by atoms with Crippen LogP contribution in [0.4, 0.5) is 4.39 Å². The van der Waals surface area contributed by atoms with Gasteiger partial charge in [-0.2, -0.15) is 0 Å². The summed E-state index contributed by atoms with van der Waals surface area (Å²) in [5.41, 5.74) is 0.577. The lowest BCUT2D eigenvalue weighted by atomic mass is 10.2. The molecule has 0 radical (unpaired) electrons. The Bertz CT molecular complexity index is 671. The Labute approximate surface area is 161 Å². The van der Waals surface area contributed by atoms with Gasteiger partial charge in [-0.05, 0) is 31.0 Å². The molecule has 1 N–H and O–H groups in total. The maximum absolute atomic E-state index is 13.9. The summed E-state index contributed by atoms with van der Waals surface area (Å²) < 4.78 is 20.2. The van der Waals surface area contributed by atoms with Gasteiger partial charge < -0.3 is 19.9 Å². The smallest absolute Gasteiger partial charge is 0.251 e. The summed E-state index contributed by atoms with van der Waals surface area (Å²) in [4.78, 5) is 20.7. The summed E-state index contributed by atoms with van der Waals surface area (Å²) in [5, 5.41) is 3.21. The highest BCUT2D eigenvalue weighted by Crippen LogP contribution is 2.17. The molecule has 1 aromatic carbocycles. The number of nitrogens with zero attached hydrogens (tertiary/aromatic N) is 3. The number of ether oxygens (including phenoxy) is 1. The fourth-order valence-electron chi connectivity index (χ4n) is 3.30. The number of nitrogens with one attached hydrogen (secondary N) is 1. The van der Waals surface area contributed by atoms with Crippen molar-refractivity contribution in [2.24, 2.45) is 4.99 Å². The van der Waals surface area contributed by atoms with Crippen LogP contribution in [0.2, 0.25) is 0 Å². The lowest BCUT2D eigenvalue weighted by Gasteiger charge is -2.37. The third-order valence-electron chi connectivity index (χ3n) is 4.75. The molecule has 26 heavy (non-hydrogen) atoms. The third-order valence-corrected chi connectivity index (χ3v) is 5.25. The fraction of sp³-hybridized carbons (Fsp3) is 0.556. The van der Waals surface area contributed by atoms with Gasteiger partial charge in [-0.15, -0.1) is 0 Å². The van der Waals surface area contributed by atoms with E-state index in [1.807, 2.05) is 4.90 Å². The van der Waals surface area contributed by atoms with Gasteiger partial charge in [0.2, 0.25) is 0 Å². The van der Waals surface area contributed by atoms with Crippen LogP contribution >= 0.6 is 15.9 Å². The molecule has 0 spiro atoms. The predicted octanol–water partition coefficient (Wildman–Crippen LogP) is 1.99. The molecule has 8 heteroatoms. The van der Waals surface area contributed by atoms with Crippen molar-refractivity contribution in [1.82, 2.24) is 15.1 Å². The van der Waals surface area contributed by atoms with Crippen LogP contribution in [0, 0.1) is 5.82 Å². The molecular weight excluding hydrogens is 403 g/mol. The molecule has 2 saturated heterocycles. The van der Waals surface area contributed by atoms with Crippen molar-refractivity contribution in [3.63, 3.8) is 0 Å². The summed E-state index contributed by atoms with van der Waals surface area (Å²) in [6.07, 6.45) is 1.51. The Morgan fingerprint density at radius 1 is 1.35 bits per heavy atom. The minimum absolute atomic E-state index is 0.0984. The number of piperazine rings is 1. The monoisotopic (exact) mass is 426 g/mol. The summed E-state index contributed by atoms with van der Waals surface area (Å²) in [6, 6.07) is 4.88. The Hall–Kier alpha value is -1.67. The van der Waals surface area contributed by atoms with Crippen LogP contribution in [0.5, 0.6) is 0 Å². The molecule has 6 nitrogen and oxygen atoms in total. The van der Waals surface area contributed by atoms with E-state index in [0.717, 1.165) is 17.3 Å². The number of hydrogen-bond donors (Lipinski definition) is 1. The van der Waals surface area contributed by atoms with Gasteiger partial charge in [-0.3, -0.25) is 9.79 Å². The van der Waals surface area contributed by atoms with E-state index in [1.54, 1.807) is 19.2 Å². The number of rotatable bonds is 3. The van der Waals surface area contributed by atoms with Crippen LogP contribution in [0.15, 0.2) is 27.7 Å². The maximum Gasteiger partial charge on any atom is 0.251 e. The van der Waals surface area contributed by atoms with Crippen molar-refractivity contribution >= 4 is 27.8 Å². The Morgan fingerprint density at radius 3 is 2.73 bits per heavy atom. The Morgan fingerprint density at radius 2 is 2.08 bits per heavy atom. The zero-order chi connectivity index (χ0) is 18.5. The average molecular weight is 427 g/mol. The molecule has 1 aromatic rings. The largest absolute Gasteiger partial charge is 0.368 e. The topological polar surface area (TPSA) is 57.2 Å². The molecule has 2 aliphatic rings. The lowest BCUT2D eigenvalue weighted by molar-refractivity contribution is -0.142. The van der Waals surface area contributed by atoms with E-state index in [0.29, 0.717) is 50.9 Å². The van der Waals surface area contributed by atoms with Gasteiger partial charge in [-0.25, -0.2) is 4.39 Å². The number of hydrogen-bond acceptors (Lipinski definition) is 3. The summed E-state index contributed by atoms with van der Waals surface area (Å²) >= 11 is 3.36. The molecule has 3 rings (SSSR count). The number of carbonyl (C=O) groups excluding carboxylic acids is 1. The minimum atomic E-state index is -0.265. The van der Waals surface area contributed by atoms with Crippen LogP contribution < -0.4 is 5.32 Å². The lowest BCUT2D eigenvalue weighted by Crippen LogP contribution is -2.55. The third kappa shape index (κ3) is 4.54. The van der Waals surface area contributed by atoms with Crippen LogP contribution in [-0.2, 0) is 16.1 Å². The predicted molar refractivity (Wildman–Crippen MR) is 101 cm³/mol. The first kappa shape index (κ1) is 19.1. The van der Waals surface area contributed by atoms with Gasteiger partial charge in [-0.1, -0.05) is 15.9 Å². The summed E-state index contributed by atoms with van der Waals surface area (Å²) in [7, 11) is 1.71. The number of benzene rings is 1. The highest BCUT2D eigenvalue weighted by molar-refractivity contribution is 9.10. The van der Waals surface area contributed by atoms with E-state index < -0.39 is 0 Å². The molecule has 2 aliphatic heterocycles. The molecule has 142 valence electrons. The molecule has 0 bridgehead atoms. The number of guanidine groups is 1. The first-order chi connectivity index (χ1) is 12.6. The van der Waals surface area contributed by atoms with Crippen molar-refractivity contribution < 1.29 is 13.9 Å². The van der Waals surface area contributed by atoms with Crippen LogP contribution in [0.1, 0.15) is 18.4 Å². The van der Waals surface area contributed by atoms with Crippen molar-refractivity contribution in [3.8, 4) is 0 Å². The molecule has 2 heterocycles. The fourth-order valence-corrected chi connectivity index (χ4v) is 3.71. The average Bonchev–Trinajstić information content (AvgIpc) is 3.19. The SMILES string of the molecule is CN=C(NCc1cc(Br)ccc1F)N1CCN(C(=O)C2CCCO2)CC1. The highest BCUT2D eigenvalue weighted by atomic mass is 79.9. The molecule has 0 aromatic heterocycles. The summed E-state index contributed by atoms with van der Waals surface area (Å²) in [6.45, 7) is 3.71. The number of carbonyl (C=O) groups is 1. The van der Waals surface area contributed by atoms with E-state index in [-0.39, 0.29) is 17.8 Å². The van der Waals surface area contributed by atoms with E-state index >= 15 is 0 Å². The number of aliphatic imine (C=N–C) groups is 1. The minimum Gasteiger partial charge on any atom is -0.368 e. The van der Waals surface area contributed by atoms with Crippen LogP contribution in [0.3, 0.4) is 0 Å². The van der Waals surface area contributed by atoms with E-state index in [1.165, 1.54) is 6.07 Å². The standard InChI is InChI=1S/C18H24BrFN4O2/c1-21-18(22-12-13-11-14(19)4-5-15(13)20)24-8-6-23(7-9-24)17(25)16-3-2-10-26-16/h4-5,11,16H,2-3,6-10,12H2,1H3,(H,21,22). The molecule has 1 unspecified atom stereocenters. The van der Waals surface area contributed by atoms with Gasteiger partial charge in [0, 0.05) is 56.4 Å². The Kier molecular flexibility index (Phi) is 6.48. The summed E-state index contributed by atoms with van der Waals surface area (Å²) in [5.74, 6) is 0.568. The zero-order valence-corrected chi connectivity index (χ0v) is 16.5. The van der Waals surface area contributed by atoms with Gasteiger partial charge >= 0.3 is 0 Å². The first-order valence-electron chi connectivity index (χ1n) is 8.88. The Balaban J connectivity index is 1.52. The first-order valence-corrected chi connectivity index (χ1v) is 9.67. The van der Waals surface area contributed by atoms with Crippen molar-refractivity contribution in [2.45, 2.75) is 25.5 Å².